The number of rotatable bonds is 13. The summed E-state index contributed by atoms with van der Waals surface area (Å²) in [5.41, 5.74) is 4.57. The van der Waals surface area contributed by atoms with Crippen molar-refractivity contribution in [2.75, 3.05) is 11.9 Å². The molecule has 1 aromatic heterocycles. The largest absolute Gasteiger partial charge is 0.416 e. The van der Waals surface area contributed by atoms with Crippen molar-refractivity contribution < 1.29 is 22.9 Å². The molecule has 0 spiro atoms. The summed E-state index contributed by atoms with van der Waals surface area (Å²) in [6.45, 7) is 2.73. The number of thiocarbonyl (C=S) groups is 1. The van der Waals surface area contributed by atoms with Crippen LogP contribution in [0, 0.1) is 10.1 Å². The van der Waals surface area contributed by atoms with E-state index in [1.165, 1.54) is 29.3 Å². The molecular weight excluding hydrogens is 653 g/mol. The molecule has 1 amide bonds. The predicted octanol–water partition coefficient (Wildman–Crippen LogP) is 8.26. The minimum absolute atomic E-state index is 0.0369. The Hall–Kier alpha value is -5.14. The molecule has 0 bridgehead atoms. The van der Waals surface area contributed by atoms with Gasteiger partial charge in [0.15, 0.2) is 5.11 Å². The number of anilines is 1. The van der Waals surface area contributed by atoms with Crippen LogP contribution in [0.4, 0.5) is 24.5 Å². The van der Waals surface area contributed by atoms with Gasteiger partial charge in [0.2, 0.25) is 0 Å². The van der Waals surface area contributed by atoms with E-state index < -0.39 is 28.5 Å². The molecule has 5 rings (SSSR count). The van der Waals surface area contributed by atoms with Gasteiger partial charge < -0.3 is 9.88 Å². The highest BCUT2D eigenvalue weighted by molar-refractivity contribution is 7.80. The van der Waals surface area contributed by atoms with E-state index in [1.54, 1.807) is 24.7 Å². The first-order valence-corrected chi connectivity index (χ1v) is 16.2. The van der Waals surface area contributed by atoms with E-state index in [2.05, 4.69) is 22.7 Å². The number of hydrogen-bond donors (Lipinski definition) is 2. The molecule has 0 radical (unpaired) electrons. The number of amides is 1. The van der Waals surface area contributed by atoms with E-state index >= 15 is 0 Å². The summed E-state index contributed by atoms with van der Waals surface area (Å²) < 4.78 is 42.3. The zero-order valence-corrected chi connectivity index (χ0v) is 27.5. The first-order valence-electron chi connectivity index (χ1n) is 15.8. The van der Waals surface area contributed by atoms with Gasteiger partial charge in [0.1, 0.15) is 0 Å². The maximum atomic E-state index is 14.8. The Morgan fingerprint density at radius 1 is 1.02 bits per heavy atom. The number of carbonyl (C=O) groups excluding carboxylic acids is 1. The highest BCUT2D eigenvalue weighted by atomic mass is 32.1. The number of imidazole rings is 1. The van der Waals surface area contributed by atoms with Gasteiger partial charge in [-0.2, -0.15) is 13.2 Å². The Labute approximate surface area is 286 Å². The number of aromatic nitrogens is 2. The summed E-state index contributed by atoms with van der Waals surface area (Å²) in [6.07, 6.45) is 1.47. The number of alkyl halides is 3. The third kappa shape index (κ3) is 8.86. The average Bonchev–Trinajstić information content (AvgIpc) is 3.54. The number of non-ortho nitro benzene ring substituents is 1. The lowest BCUT2D eigenvalue weighted by Crippen LogP contribution is -2.51. The van der Waals surface area contributed by atoms with Crippen LogP contribution in [-0.4, -0.2) is 37.0 Å². The van der Waals surface area contributed by atoms with Gasteiger partial charge in [-0.15, -0.1) is 0 Å². The van der Waals surface area contributed by atoms with E-state index in [1.807, 2.05) is 47.0 Å². The van der Waals surface area contributed by atoms with Crippen LogP contribution in [0.25, 0.3) is 10.8 Å². The molecule has 0 fully saturated rings. The average molecular weight is 689 g/mol. The van der Waals surface area contributed by atoms with Gasteiger partial charge in [-0.3, -0.25) is 14.9 Å². The summed E-state index contributed by atoms with van der Waals surface area (Å²) in [4.78, 5) is 29.9. The van der Waals surface area contributed by atoms with Crippen LogP contribution < -0.4 is 10.7 Å². The molecular formula is C36H35F3N6O3S. The van der Waals surface area contributed by atoms with Crippen molar-refractivity contribution in [3.63, 3.8) is 0 Å². The Bertz CT molecular complexity index is 1920. The van der Waals surface area contributed by atoms with Crippen LogP contribution in [0.5, 0.6) is 0 Å². The number of hydrazine groups is 1. The molecule has 254 valence electrons. The van der Waals surface area contributed by atoms with E-state index in [9.17, 15) is 28.1 Å². The molecule has 9 nitrogen and oxygen atoms in total. The zero-order chi connectivity index (χ0) is 35.0. The number of nitrogens with one attached hydrogen (secondary N) is 2. The van der Waals surface area contributed by atoms with Gasteiger partial charge in [0.05, 0.1) is 28.4 Å². The minimum Gasteiger partial charge on any atom is -0.331 e. The van der Waals surface area contributed by atoms with E-state index in [-0.39, 0.29) is 29.5 Å². The molecule has 0 aliphatic rings. The summed E-state index contributed by atoms with van der Waals surface area (Å²) in [6, 6.07) is 24.5. The van der Waals surface area contributed by atoms with Crippen molar-refractivity contribution in [3.05, 3.63) is 136 Å². The van der Waals surface area contributed by atoms with Crippen molar-refractivity contribution in [3.8, 4) is 0 Å². The summed E-state index contributed by atoms with van der Waals surface area (Å²) >= 11 is 5.68. The molecule has 0 saturated heterocycles. The van der Waals surface area contributed by atoms with Crippen molar-refractivity contribution in [2.24, 2.45) is 0 Å². The summed E-state index contributed by atoms with van der Waals surface area (Å²) in [5, 5.41) is 17.1. The Morgan fingerprint density at radius 2 is 1.76 bits per heavy atom. The number of benzene rings is 4. The molecule has 0 aliphatic carbocycles. The maximum Gasteiger partial charge on any atom is 0.416 e. The number of unbranched alkanes of at least 4 members (excludes halogenated alkanes) is 2. The SMILES string of the molecule is CCCCCNN(C(=O)C(Cc1cccc2ccccc12)c1cncn1Cc1ccc([N+](=O)[O-])cc1)C(=S)Nc1cccc(C(F)(F)F)c1. The van der Waals surface area contributed by atoms with Crippen LogP contribution in [0.2, 0.25) is 0 Å². The van der Waals surface area contributed by atoms with E-state index in [0.717, 1.165) is 53.3 Å². The monoisotopic (exact) mass is 688 g/mol. The standard InChI is InChI=1S/C36H35F3N6O3S/c1-2-3-6-19-41-44(35(49)42-29-13-8-12-28(21-29)36(37,38)39)34(46)32(20-27-11-7-10-26-9-4-5-14-31(26)27)33-22-40-24-43(33)23-25-15-17-30(18-16-25)45(47)48/h4-5,7-18,21-22,24,32,41H,2-3,6,19-20,23H2,1H3,(H,42,49). The topological polar surface area (TPSA) is 105 Å². The maximum absolute atomic E-state index is 14.8. The van der Waals surface area contributed by atoms with Crippen molar-refractivity contribution in [2.45, 2.75) is 51.2 Å². The molecule has 49 heavy (non-hydrogen) atoms. The van der Waals surface area contributed by atoms with Gasteiger partial charge in [-0.1, -0.05) is 80.4 Å². The zero-order valence-electron chi connectivity index (χ0n) is 26.7. The van der Waals surface area contributed by atoms with Crippen LogP contribution in [0.1, 0.15) is 54.5 Å². The second-order valence-corrected chi connectivity index (χ2v) is 11.9. The highest BCUT2D eigenvalue weighted by Crippen LogP contribution is 2.32. The molecule has 1 atom stereocenters. The van der Waals surface area contributed by atoms with E-state index in [0.29, 0.717) is 12.2 Å². The fraction of sp³-hybridized carbons (Fsp3) is 0.250. The number of nitro benzene ring substituents is 1. The number of nitro groups is 1. The highest BCUT2D eigenvalue weighted by Gasteiger charge is 2.33. The minimum atomic E-state index is -4.56. The summed E-state index contributed by atoms with van der Waals surface area (Å²) in [7, 11) is 0. The van der Waals surface area contributed by atoms with E-state index in [4.69, 9.17) is 12.2 Å². The lowest BCUT2D eigenvalue weighted by atomic mass is 9.92. The number of fused-ring (bicyclic) bond motifs is 1. The van der Waals surface area contributed by atoms with Gasteiger partial charge in [0, 0.05) is 37.1 Å². The Morgan fingerprint density at radius 3 is 2.49 bits per heavy atom. The lowest BCUT2D eigenvalue weighted by Gasteiger charge is -2.29. The van der Waals surface area contributed by atoms with Gasteiger partial charge in [-0.25, -0.2) is 15.4 Å². The van der Waals surface area contributed by atoms with Crippen LogP contribution in [-0.2, 0) is 23.9 Å². The molecule has 0 saturated carbocycles. The molecule has 1 heterocycles. The Balaban J connectivity index is 1.53. The van der Waals surface area contributed by atoms with Crippen molar-refractivity contribution in [1.29, 1.82) is 0 Å². The van der Waals surface area contributed by atoms with Crippen LogP contribution >= 0.6 is 12.2 Å². The lowest BCUT2D eigenvalue weighted by molar-refractivity contribution is -0.384. The number of carbonyl (C=O) groups is 1. The second-order valence-electron chi connectivity index (χ2n) is 11.6. The van der Waals surface area contributed by atoms with Crippen LogP contribution in [0.3, 0.4) is 0 Å². The first kappa shape index (κ1) is 35.2. The fourth-order valence-corrected chi connectivity index (χ4v) is 5.88. The van der Waals surface area contributed by atoms with Gasteiger partial charge in [-0.05, 0) is 65.2 Å². The first-order chi connectivity index (χ1) is 23.5. The van der Waals surface area contributed by atoms with Crippen molar-refractivity contribution in [1.82, 2.24) is 20.0 Å². The third-order valence-electron chi connectivity index (χ3n) is 8.12. The fourth-order valence-electron chi connectivity index (χ4n) is 5.61. The number of hydrogen-bond acceptors (Lipinski definition) is 6. The number of nitrogens with zero attached hydrogens (tertiary/aromatic N) is 4. The van der Waals surface area contributed by atoms with Crippen LogP contribution in [0.15, 0.2) is 104 Å². The quantitative estimate of drug-likeness (QED) is 0.0556. The molecule has 1 unspecified atom stereocenters. The predicted molar refractivity (Wildman–Crippen MR) is 187 cm³/mol. The molecule has 13 heteroatoms. The molecule has 2 N–H and O–H groups in total. The number of halogens is 3. The molecule has 0 aliphatic heterocycles. The smallest absolute Gasteiger partial charge is 0.331 e. The Kier molecular flexibility index (Phi) is 11.4. The normalized spacial score (nSPS) is 12.1. The van der Waals surface area contributed by atoms with Gasteiger partial charge >= 0.3 is 6.18 Å². The summed E-state index contributed by atoms with van der Waals surface area (Å²) in [5.74, 6) is -1.27. The van der Waals surface area contributed by atoms with Gasteiger partial charge in [0.25, 0.3) is 11.6 Å². The molecule has 4 aromatic carbocycles. The molecule has 5 aromatic rings. The van der Waals surface area contributed by atoms with Crippen molar-refractivity contribution >= 4 is 45.4 Å². The third-order valence-corrected chi connectivity index (χ3v) is 8.40. The second kappa shape index (κ2) is 15.8.